The third kappa shape index (κ3) is 7.14. The highest BCUT2D eigenvalue weighted by molar-refractivity contribution is 5.07. The Labute approximate surface area is 131 Å². The van der Waals surface area contributed by atoms with E-state index in [1.807, 2.05) is 0 Å². The highest BCUT2D eigenvalue weighted by Gasteiger charge is 2.14. The first-order valence-electron chi connectivity index (χ1n) is 8.59. The lowest BCUT2D eigenvalue weighted by molar-refractivity contribution is 0.176. The van der Waals surface area contributed by atoms with Crippen LogP contribution in [-0.4, -0.2) is 24.0 Å². The Kier molecular flexibility index (Phi) is 8.70. The highest BCUT2D eigenvalue weighted by Crippen LogP contribution is 2.15. The van der Waals surface area contributed by atoms with Crippen molar-refractivity contribution < 1.29 is 4.42 Å². The molecule has 1 aromatic heterocycles. The molecular weight excluding hydrogens is 260 g/mol. The van der Waals surface area contributed by atoms with Gasteiger partial charge in [0.05, 0.1) is 13.1 Å². The van der Waals surface area contributed by atoms with Crippen molar-refractivity contribution >= 4 is 0 Å². The molecule has 0 saturated carbocycles. The third-order valence-corrected chi connectivity index (χ3v) is 3.94. The second kappa shape index (κ2) is 10.0. The van der Waals surface area contributed by atoms with E-state index in [1.54, 1.807) is 0 Å². The largest absolute Gasteiger partial charge is 0.463 e. The van der Waals surface area contributed by atoms with Crippen molar-refractivity contribution in [3.8, 4) is 0 Å². The van der Waals surface area contributed by atoms with Crippen LogP contribution in [0.3, 0.4) is 0 Å². The van der Waals surface area contributed by atoms with Gasteiger partial charge in [0.1, 0.15) is 11.5 Å². The van der Waals surface area contributed by atoms with E-state index < -0.39 is 0 Å². The minimum Gasteiger partial charge on any atom is -0.463 e. The molecule has 122 valence electrons. The molecule has 1 heterocycles. The van der Waals surface area contributed by atoms with Crippen LogP contribution < -0.4 is 5.32 Å². The van der Waals surface area contributed by atoms with Crippen LogP contribution in [0.4, 0.5) is 0 Å². The smallest absolute Gasteiger partial charge is 0.118 e. The molecule has 3 heteroatoms. The first kappa shape index (κ1) is 18.2. The van der Waals surface area contributed by atoms with Crippen LogP contribution in [0.25, 0.3) is 0 Å². The van der Waals surface area contributed by atoms with E-state index in [2.05, 4.69) is 57.0 Å². The van der Waals surface area contributed by atoms with E-state index in [0.29, 0.717) is 12.0 Å². The summed E-state index contributed by atoms with van der Waals surface area (Å²) in [4.78, 5) is 2.54. The summed E-state index contributed by atoms with van der Waals surface area (Å²) < 4.78 is 5.97. The topological polar surface area (TPSA) is 28.4 Å². The minimum atomic E-state index is 0.615. The number of nitrogens with one attached hydrogen (secondary N) is 1. The average molecular weight is 294 g/mol. The normalized spacial score (nSPS) is 13.3. The van der Waals surface area contributed by atoms with Crippen molar-refractivity contribution in [1.82, 2.24) is 10.2 Å². The Balaban J connectivity index is 2.49. The van der Waals surface area contributed by atoms with E-state index in [9.17, 15) is 0 Å². The van der Waals surface area contributed by atoms with Gasteiger partial charge in [0.2, 0.25) is 0 Å². The quantitative estimate of drug-likeness (QED) is 0.654. The van der Waals surface area contributed by atoms with Gasteiger partial charge in [0.15, 0.2) is 0 Å². The Hall–Kier alpha value is -0.800. The van der Waals surface area contributed by atoms with Crippen LogP contribution >= 0.6 is 0 Å². The van der Waals surface area contributed by atoms with E-state index >= 15 is 0 Å². The maximum atomic E-state index is 5.97. The van der Waals surface area contributed by atoms with Gasteiger partial charge in [0.25, 0.3) is 0 Å². The molecule has 0 saturated heterocycles. The fourth-order valence-electron chi connectivity index (χ4n) is 2.36. The summed E-state index contributed by atoms with van der Waals surface area (Å²) in [7, 11) is 0. The molecule has 3 nitrogen and oxygen atoms in total. The molecule has 0 spiro atoms. The molecule has 0 aromatic carbocycles. The molecule has 0 aliphatic carbocycles. The van der Waals surface area contributed by atoms with Crippen molar-refractivity contribution in [2.24, 2.45) is 5.92 Å². The predicted molar refractivity (Wildman–Crippen MR) is 90.3 cm³/mol. The Bertz CT molecular complexity index is 373. The molecule has 1 unspecified atom stereocenters. The lowest BCUT2D eigenvalue weighted by atomic mass is 10.2. The number of hydrogen-bond acceptors (Lipinski definition) is 3. The zero-order valence-corrected chi connectivity index (χ0v) is 14.6. The molecule has 1 N–H and O–H groups in total. The second-order valence-electron chi connectivity index (χ2n) is 6.47. The van der Waals surface area contributed by atoms with Gasteiger partial charge >= 0.3 is 0 Å². The summed E-state index contributed by atoms with van der Waals surface area (Å²) in [6.07, 6.45) is 3.69. The highest BCUT2D eigenvalue weighted by atomic mass is 16.3. The maximum absolute atomic E-state index is 5.97. The van der Waals surface area contributed by atoms with Crippen LogP contribution in [0.2, 0.25) is 0 Å². The molecule has 0 aliphatic heterocycles. The van der Waals surface area contributed by atoms with E-state index in [1.165, 1.54) is 19.3 Å². The molecule has 0 amide bonds. The van der Waals surface area contributed by atoms with Crippen LogP contribution in [-0.2, 0) is 13.1 Å². The maximum Gasteiger partial charge on any atom is 0.118 e. The summed E-state index contributed by atoms with van der Waals surface area (Å²) in [6.45, 7) is 15.2. The summed E-state index contributed by atoms with van der Waals surface area (Å²) in [5.74, 6) is 2.81. The number of furan rings is 1. The molecule has 0 radical (unpaired) electrons. The minimum absolute atomic E-state index is 0.615. The summed E-state index contributed by atoms with van der Waals surface area (Å²) >= 11 is 0. The average Bonchev–Trinajstić information content (AvgIpc) is 2.89. The fraction of sp³-hybridized carbons (Fsp3) is 0.778. The number of nitrogens with zero attached hydrogens (tertiary/aromatic N) is 1. The molecule has 1 aromatic rings. The molecular formula is C18H34N2O. The van der Waals surface area contributed by atoms with E-state index in [4.69, 9.17) is 4.42 Å². The molecule has 0 aliphatic rings. The van der Waals surface area contributed by atoms with E-state index in [-0.39, 0.29) is 0 Å². The lowest BCUT2D eigenvalue weighted by Gasteiger charge is -2.27. The van der Waals surface area contributed by atoms with Gasteiger partial charge < -0.3 is 9.73 Å². The van der Waals surface area contributed by atoms with Crippen molar-refractivity contribution in [3.05, 3.63) is 23.7 Å². The Morgan fingerprint density at radius 2 is 1.86 bits per heavy atom. The molecule has 0 bridgehead atoms. The van der Waals surface area contributed by atoms with Gasteiger partial charge in [-0.2, -0.15) is 0 Å². The zero-order chi connectivity index (χ0) is 15.7. The first-order valence-corrected chi connectivity index (χ1v) is 8.59. The number of unbranched alkanes of at least 4 members (excludes halogenated alkanes) is 1. The summed E-state index contributed by atoms with van der Waals surface area (Å²) in [6, 6.07) is 4.86. The Morgan fingerprint density at radius 1 is 1.14 bits per heavy atom. The van der Waals surface area contributed by atoms with Gasteiger partial charge in [-0.15, -0.1) is 0 Å². The van der Waals surface area contributed by atoms with Crippen molar-refractivity contribution in [3.63, 3.8) is 0 Å². The third-order valence-electron chi connectivity index (χ3n) is 3.94. The van der Waals surface area contributed by atoms with Crippen molar-refractivity contribution in [2.75, 3.05) is 13.1 Å². The van der Waals surface area contributed by atoms with Crippen LogP contribution in [0, 0.1) is 5.92 Å². The lowest BCUT2D eigenvalue weighted by Crippen LogP contribution is -2.32. The number of hydrogen-bond donors (Lipinski definition) is 1. The number of rotatable bonds is 11. The van der Waals surface area contributed by atoms with Crippen molar-refractivity contribution in [2.45, 2.75) is 73.0 Å². The summed E-state index contributed by atoms with van der Waals surface area (Å²) in [5.41, 5.74) is 0. The van der Waals surface area contributed by atoms with Crippen molar-refractivity contribution in [1.29, 1.82) is 0 Å². The van der Waals surface area contributed by atoms with Crippen LogP contribution in [0.15, 0.2) is 16.5 Å². The molecule has 1 rings (SSSR count). The van der Waals surface area contributed by atoms with Gasteiger partial charge in [-0.05, 0) is 50.9 Å². The molecule has 21 heavy (non-hydrogen) atoms. The van der Waals surface area contributed by atoms with Crippen LogP contribution in [0.1, 0.15) is 65.4 Å². The zero-order valence-electron chi connectivity index (χ0n) is 14.6. The van der Waals surface area contributed by atoms with Gasteiger partial charge in [-0.3, -0.25) is 4.90 Å². The van der Waals surface area contributed by atoms with E-state index in [0.717, 1.165) is 37.7 Å². The van der Waals surface area contributed by atoms with Crippen LogP contribution in [0.5, 0.6) is 0 Å². The summed E-state index contributed by atoms with van der Waals surface area (Å²) in [5, 5.41) is 3.43. The standard InChI is InChI=1S/C18H34N2O/c1-6-8-11-20(16(5)7-2)14-18-10-9-17(21-18)13-19-12-15(3)4/h9-10,15-16,19H,6-8,11-14H2,1-5H3. The molecule has 1 atom stereocenters. The molecule has 0 fully saturated rings. The Morgan fingerprint density at radius 3 is 2.48 bits per heavy atom. The van der Waals surface area contributed by atoms with Gasteiger partial charge in [0, 0.05) is 6.04 Å². The monoisotopic (exact) mass is 294 g/mol. The first-order chi connectivity index (χ1) is 10.1. The second-order valence-corrected chi connectivity index (χ2v) is 6.47. The SMILES string of the molecule is CCCCN(Cc1ccc(CNCC(C)C)o1)C(C)CC. The fourth-order valence-corrected chi connectivity index (χ4v) is 2.36. The van der Waals surface area contributed by atoms with Gasteiger partial charge in [-0.25, -0.2) is 0 Å². The van der Waals surface area contributed by atoms with Gasteiger partial charge in [-0.1, -0.05) is 34.1 Å². The predicted octanol–water partition coefficient (Wildman–Crippen LogP) is 4.43.